The predicted molar refractivity (Wildman–Crippen MR) is 71.6 cm³/mol. The molecule has 21 heavy (non-hydrogen) atoms. The highest BCUT2D eigenvalue weighted by molar-refractivity contribution is 8.13. The van der Waals surface area contributed by atoms with Crippen molar-refractivity contribution in [2.75, 3.05) is 6.54 Å². The van der Waals surface area contributed by atoms with Crippen LogP contribution in [0.3, 0.4) is 0 Å². The van der Waals surface area contributed by atoms with Crippen LogP contribution in [0.25, 0.3) is 0 Å². The zero-order valence-electron chi connectivity index (χ0n) is 10.9. The van der Waals surface area contributed by atoms with Crippen LogP contribution in [0.4, 0.5) is 8.78 Å². The smallest absolute Gasteiger partial charge is 0.264 e. The highest BCUT2D eigenvalue weighted by Crippen LogP contribution is 2.38. The second kappa shape index (κ2) is 4.91. The van der Waals surface area contributed by atoms with Crippen molar-refractivity contribution in [1.29, 1.82) is 0 Å². The summed E-state index contributed by atoms with van der Waals surface area (Å²) in [5.41, 5.74) is -0.843. The van der Waals surface area contributed by atoms with Crippen molar-refractivity contribution in [2.24, 2.45) is 5.92 Å². The lowest BCUT2D eigenvalue weighted by Gasteiger charge is -2.27. The van der Waals surface area contributed by atoms with E-state index in [9.17, 15) is 22.0 Å². The Morgan fingerprint density at radius 3 is 2.52 bits per heavy atom. The molecule has 1 amide bonds. The lowest BCUT2D eigenvalue weighted by Crippen LogP contribution is -2.38. The lowest BCUT2D eigenvalue weighted by atomic mass is 10.1. The molecule has 1 aromatic rings. The standard InChI is InChI=1S/C13H12ClF2NO3S/c14-21(19,20)10-4-3-9(15)11(12(10)16)13(18)17-6-7-1-2-8(17)5-7/h3-4,7-8H,1-2,5-6H2. The molecular weight excluding hydrogens is 324 g/mol. The van der Waals surface area contributed by atoms with Crippen LogP contribution < -0.4 is 0 Å². The Bertz CT molecular complexity index is 722. The van der Waals surface area contributed by atoms with E-state index < -0.39 is 37.1 Å². The molecule has 2 atom stereocenters. The van der Waals surface area contributed by atoms with Crippen LogP contribution in [0, 0.1) is 17.6 Å². The van der Waals surface area contributed by atoms with E-state index in [1.807, 2.05) is 0 Å². The number of likely N-dealkylation sites (tertiary alicyclic amines) is 1. The number of benzene rings is 1. The summed E-state index contributed by atoms with van der Waals surface area (Å²) in [6.45, 7) is 0.459. The van der Waals surface area contributed by atoms with E-state index in [-0.39, 0.29) is 6.04 Å². The van der Waals surface area contributed by atoms with E-state index in [1.54, 1.807) is 0 Å². The second-order valence-corrected chi connectivity index (χ2v) is 8.00. The first-order valence-corrected chi connectivity index (χ1v) is 8.83. The SMILES string of the molecule is O=C(c1c(F)ccc(S(=O)(=O)Cl)c1F)N1CC2CCC1C2. The molecule has 1 aromatic carbocycles. The topological polar surface area (TPSA) is 54.5 Å². The largest absolute Gasteiger partial charge is 0.335 e. The number of piperidine rings is 1. The van der Waals surface area contributed by atoms with Crippen molar-refractivity contribution >= 4 is 25.6 Å². The molecule has 114 valence electrons. The Labute approximate surface area is 125 Å². The molecule has 4 nitrogen and oxygen atoms in total. The van der Waals surface area contributed by atoms with Gasteiger partial charge in [-0.1, -0.05) is 0 Å². The number of nitrogens with zero attached hydrogens (tertiary/aromatic N) is 1. The Morgan fingerprint density at radius 2 is 2.00 bits per heavy atom. The summed E-state index contributed by atoms with van der Waals surface area (Å²) in [7, 11) is 0.720. The third kappa shape index (κ3) is 2.42. The number of halogens is 3. The molecule has 2 aliphatic rings. The molecule has 1 heterocycles. The highest BCUT2D eigenvalue weighted by Gasteiger charge is 2.42. The molecule has 1 saturated heterocycles. The molecule has 8 heteroatoms. The fourth-order valence-electron chi connectivity index (χ4n) is 3.23. The molecule has 3 rings (SSSR count). The van der Waals surface area contributed by atoms with Crippen molar-refractivity contribution in [2.45, 2.75) is 30.2 Å². The van der Waals surface area contributed by atoms with E-state index in [0.717, 1.165) is 31.4 Å². The number of carbonyl (C=O) groups excluding carboxylic acids is 1. The van der Waals surface area contributed by atoms with Gasteiger partial charge in [0.05, 0.1) is 0 Å². The molecule has 2 unspecified atom stereocenters. The molecule has 0 N–H and O–H groups in total. The fourth-order valence-corrected chi connectivity index (χ4v) is 4.14. The van der Waals surface area contributed by atoms with Crippen molar-refractivity contribution in [3.05, 3.63) is 29.3 Å². The van der Waals surface area contributed by atoms with Gasteiger partial charge in [0, 0.05) is 23.3 Å². The molecule has 1 aliphatic heterocycles. The van der Waals surface area contributed by atoms with Crippen LogP contribution in [0.15, 0.2) is 17.0 Å². The van der Waals surface area contributed by atoms with Crippen LogP contribution in [-0.2, 0) is 9.05 Å². The van der Waals surface area contributed by atoms with Crippen molar-refractivity contribution < 1.29 is 22.0 Å². The molecule has 2 fully saturated rings. The second-order valence-electron chi connectivity index (χ2n) is 5.46. The molecule has 0 spiro atoms. The highest BCUT2D eigenvalue weighted by atomic mass is 35.7. The number of fused-ring (bicyclic) bond motifs is 2. The number of carbonyl (C=O) groups is 1. The monoisotopic (exact) mass is 335 g/mol. The minimum absolute atomic E-state index is 0.0161. The molecule has 2 bridgehead atoms. The molecule has 0 radical (unpaired) electrons. The average molecular weight is 336 g/mol. The maximum atomic E-state index is 14.2. The predicted octanol–water partition coefficient (Wildman–Crippen LogP) is 2.52. The summed E-state index contributed by atoms with van der Waals surface area (Å²) < 4.78 is 50.6. The number of hydrogen-bond donors (Lipinski definition) is 0. The third-order valence-corrected chi connectivity index (χ3v) is 5.54. The van der Waals surface area contributed by atoms with Crippen molar-refractivity contribution in [3.8, 4) is 0 Å². The van der Waals surface area contributed by atoms with Gasteiger partial charge in [0.1, 0.15) is 16.3 Å². The molecular formula is C13H12ClF2NO3S. The van der Waals surface area contributed by atoms with Gasteiger partial charge in [0.2, 0.25) is 0 Å². The van der Waals surface area contributed by atoms with Gasteiger partial charge in [0.15, 0.2) is 5.82 Å². The van der Waals surface area contributed by atoms with E-state index in [1.165, 1.54) is 4.90 Å². The Balaban J connectivity index is 2.04. The summed E-state index contributed by atoms with van der Waals surface area (Å²) in [6.07, 6.45) is 2.66. The summed E-state index contributed by atoms with van der Waals surface area (Å²) in [6, 6.07) is 1.46. The van der Waals surface area contributed by atoms with E-state index in [0.29, 0.717) is 12.5 Å². The summed E-state index contributed by atoms with van der Waals surface area (Å²) in [5, 5.41) is 0. The first-order chi connectivity index (χ1) is 9.79. The minimum atomic E-state index is -4.38. The number of hydrogen-bond acceptors (Lipinski definition) is 3. The average Bonchev–Trinajstić information content (AvgIpc) is 2.99. The van der Waals surface area contributed by atoms with Crippen molar-refractivity contribution in [3.63, 3.8) is 0 Å². The van der Waals surface area contributed by atoms with Gasteiger partial charge >= 0.3 is 0 Å². The number of rotatable bonds is 2. The lowest BCUT2D eigenvalue weighted by molar-refractivity contribution is 0.0693. The quantitative estimate of drug-likeness (QED) is 0.780. The van der Waals surface area contributed by atoms with Gasteiger partial charge in [0.25, 0.3) is 15.0 Å². The maximum absolute atomic E-state index is 14.2. The molecule has 1 saturated carbocycles. The van der Waals surface area contributed by atoms with Crippen LogP contribution in [0.5, 0.6) is 0 Å². The number of amides is 1. The van der Waals surface area contributed by atoms with E-state index >= 15 is 0 Å². The van der Waals surface area contributed by atoms with Gasteiger partial charge in [-0.25, -0.2) is 17.2 Å². The van der Waals surface area contributed by atoms with Gasteiger partial charge in [-0.3, -0.25) is 4.79 Å². The first-order valence-electron chi connectivity index (χ1n) is 6.52. The van der Waals surface area contributed by atoms with Gasteiger partial charge in [-0.05, 0) is 37.3 Å². The fraction of sp³-hybridized carbons (Fsp3) is 0.462. The summed E-state index contributed by atoms with van der Waals surface area (Å²) >= 11 is 0. The Morgan fingerprint density at radius 1 is 1.29 bits per heavy atom. The zero-order valence-corrected chi connectivity index (χ0v) is 12.4. The van der Waals surface area contributed by atoms with Crippen LogP contribution in [0.2, 0.25) is 0 Å². The Hall–Kier alpha value is -1.21. The molecule has 1 aliphatic carbocycles. The molecule has 0 aromatic heterocycles. The maximum Gasteiger partial charge on any atom is 0.264 e. The minimum Gasteiger partial charge on any atom is -0.335 e. The van der Waals surface area contributed by atoms with Crippen LogP contribution in [-0.4, -0.2) is 31.8 Å². The third-order valence-electron chi connectivity index (χ3n) is 4.20. The Kier molecular flexibility index (Phi) is 3.44. The first kappa shape index (κ1) is 14.7. The van der Waals surface area contributed by atoms with E-state index in [4.69, 9.17) is 10.7 Å². The van der Waals surface area contributed by atoms with Crippen LogP contribution in [0.1, 0.15) is 29.6 Å². The van der Waals surface area contributed by atoms with Gasteiger partial charge < -0.3 is 4.90 Å². The van der Waals surface area contributed by atoms with E-state index in [2.05, 4.69) is 0 Å². The van der Waals surface area contributed by atoms with Crippen molar-refractivity contribution in [1.82, 2.24) is 4.90 Å². The normalized spacial score (nSPS) is 24.6. The summed E-state index contributed by atoms with van der Waals surface area (Å²) in [4.78, 5) is 12.9. The summed E-state index contributed by atoms with van der Waals surface area (Å²) in [5.74, 6) is -2.94. The zero-order chi connectivity index (χ0) is 15.4. The van der Waals surface area contributed by atoms with Gasteiger partial charge in [-0.15, -0.1) is 0 Å². The van der Waals surface area contributed by atoms with Crippen LogP contribution >= 0.6 is 10.7 Å². The van der Waals surface area contributed by atoms with Gasteiger partial charge in [-0.2, -0.15) is 0 Å².